The molecule has 0 bridgehead atoms. The SMILES string of the molecule is COC(=O)C[C@@H]1C(=O)NCCN1CC1CCCC1. The molecule has 0 aromatic rings. The Morgan fingerprint density at radius 1 is 1.44 bits per heavy atom. The molecule has 102 valence electrons. The quantitative estimate of drug-likeness (QED) is 0.744. The maximum absolute atomic E-state index is 11.9. The predicted octanol–water partition coefficient (Wildman–Crippen LogP) is 0.540. The molecule has 1 saturated heterocycles. The third-order valence-electron chi connectivity index (χ3n) is 4.00. The van der Waals surface area contributed by atoms with Crippen LogP contribution in [0.4, 0.5) is 0 Å². The van der Waals surface area contributed by atoms with Gasteiger partial charge in [0.15, 0.2) is 0 Å². The molecule has 0 aromatic heterocycles. The molecule has 1 heterocycles. The lowest BCUT2D eigenvalue weighted by molar-refractivity contribution is -0.146. The van der Waals surface area contributed by atoms with Crippen LogP contribution in [0.2, 0.25) is 0 Å². The van der Waals surface area contributed by atoms with Crippen molar-refractivity contribution in [1.82, 2.24) is 10.2 Å². The van der Waals surface area contributed by atoms with Gasteiger partial charge in [-0.15, -0.1) is 0 Å². The van der Waals surface area contributed by atoms with Crippen molar-refractivity contribution >= 4 is 11.9 Å². The van der Waals surface area contributed by atoms with Crippen molar-refractivity contribution < 1.29 is 14.3 Å². The summed E-state index contributed by atoms with van der Waals surface area (Å²) in [5.41, 5.74) is 0. The fourth-order valence-corrected chi connectivity index (χ4v) is 2.97. The summed E-state index contributed by atoms with van der Waals surface area (Å²) < 4.78 is 4.67. The van der Waals surface area contributed by atoms with Crippen molar-refractivity contribution in [2.75, 3.05) is 26.7 Å². The number of methoxy groups -OCH3 is 1. The molecule has 0 spiro atoms. The standard InChI is InChI=1S/C13H22N2O3/c1-18-12(16)8-11-13(17)14-6-7-15(11)9-10-4-2-3-5-10/h10-11H,2-9H2,1H3,(H,14,17)/t11-/m1/s1. The van der Waals surface area contributed by atoms with Crippen LogP contribution in [0.3, 0.4) is 0 Å². The Hall–Kier alpha value is -1.10. The number of rotatable bonds is 4. The molecule has 0 radical (unpaired) electrons. The van der Waals surface area contributed by atoms with Crippen molar-refractivity contribution in [3.05, 3.63) is 0 Å². The van der Waals surface area contributed by atoms with E-state index in [0.717, 1.165) is 13.1 Å². The van der Waals surface area contributed by atoms with Crippen LogP contribution in [0.15, 0.2) is 0 Å². The molecule has 0 aromatic carbocycles. The molecular formula is C13H22N2O3. The molecule has 1 saturated carbocycles. The topological polar surface area (TPSA) is 58.6 Å². The van der Waals surface area contributed by atoms with E-state index in [4.69, 9.17) is 0 Å². The molecule has 1 atom stereocenters. The van der Waals surface area contributed by atoms with Gasteiger partial charge in [0.25, 0.3) is 0 Å². The molecule has 1 aliphatic heterocycles. The third-order valence-corrected chi connectivity index (χ3v) is 4.00. The van der Waals surface area contributed by atoms with Gasteiger partial charge in [0.2, 0.25) is 5.91 Å². The Morgan fingerprint density at radius 3 is 2.83 bits per heavy atom. The van der Waals surface area contributed by atoms with Gasteiger partial charge >= 0.3 is 5.97 Å². The molecule has 1 N–H and O–H groups in total. The second kappa shape index (κ2) is 6.18. The summed E-state index contributed by atoms with van der Waals surface area (Å²) in [5.74, 6) is 0.342. The lowest BCUT2D eigenvalue weighted by Crippen LogP contribution is -2.56. The third kappa shape index (κ3) is 3.22. The minimum atomic E-state index is -0.341. The Balaban J connectivity index is 1.95. The zero-order valence-electron chi connectivity index (χ0n) is 11.0. The highest BCUT2D eigenvalue weighted by atomic mass is 16.5. The van der Waals surface area contributed by atoms with Gasteiger partial charge in [0.05, 0.1) is 19.6 Å². The van der Waals surface area contributed by atoms with E-state index < -0.39 is 0 Å². The highest BCUT2D eigenvalue weighted by Gasteiger charge is 2.33. The molecule has 18 heavy (non-hydrogen) atoms. The highest BCUT2D eigenvalue weighted by molar-refractivity contribution is 5.87. The van der Waals surface area contributed by atoms with E-state index in [9.17, 15) is 9.59 Å². The van der Waals surface area contributed by atoms with Gasteiger partial charge in [0, 0.05) is 19.6 Å². The molecule has 5 heteroatoms. The van der Waals surface area contributed by atoms with Gasteiger partial charge in [-0.3, -0.25) is 14.5 Å². The first kappa shape index (κ1) is 13.3. The lowest BCUT2D eigenvalue weighted by atomic mass is 10.0. The van der Waals surface area contributed by atoms with E-state index in [1.165, 1.54) is 32.8 Å². The number of hydrogen-bond acceptors (Lipinski definition) is 4. The van der Waals surface area contributed by atoms with Gasteiger partial charge in [-0.1, -0.05) is 12.8 Å². The van der Waals surface area contributed by atoms with E-state index in [0.29, 0.717) is 12.5 Å². The fraction of sp³-hybridized carbons (Fsp3) is 0.846. The molecule has 5 nitrogen and oxygen atoms in total. The average Bonchev–Trinajstić information content (AvgIpc) is 2.86. The lowest BCUT2D eigenvalue weighted by Gasteiger charge is -2.36. The molecular weight excluding hydrogens is 232 g/mol. The fourth-order valence-electron chi connectivity index (χ4n) is 2.97. The zero-order chi connectivity index (χ0) is 13.0. The second-order valence-corrected chi connectivity index (χ2v) is 5.23. The number of piperazine rings is 1. The average molecular weight is 254 g/mol. The minimum Gasteiger partial charge on any atom is -0.469 e. The summed E-state index contributed by atoms with van der Waals surface area (Å²) in [6.45, 7) is 2.46. The first-order chi connectivity index (χ1) is 8.70. The van der Waals surface area contributed by atoms with Crippen LogP contribution >= 0.6 is 0 Å². The van der Waals surface area contributed by atoms with Crippen LogP contribution in [0, 0.1) is 5.92 Å². The Kier molecular flexibility index (Phi) is 4.58. The molecule has 2 aliphatic rings. The zero-order valence-corrected chi connectivity index (χ0v) is 11.0. The summed E-state index contributed by atoms with van der Waals surface area (Å²) in [4.78, 5) is 25.4. The highest BCUT2D eigenvalue weighted by Crippen LogP contribution is 2.26. The summed E-state index contributed by atoms with van der Waals surface area (Å²) in [7, 11) is 1.37. The van der Waals surface area contributed by atoms with Crippen molar-refractivity contribution in [1.29, 1.82) is 0 Å². The predicted molar refractivity (Wildman–Crippen MR) is 67.0 cm³/mol. The Bertz CT molecular complexity index is 313. The van der Waals surface area contributed by atoms with Gasteiger partial charge in [0.1, 0.15) is 0 Å². The maximum atomic E-state index is 11.9. The van der Waals surface area contributed by atoms with Crippen molar-refractivity contribution in [3.8, 4) is 0 Å². The molecule has 1 aliphatic carbocycles. The first-order valence-corrected chi connectivity index (χ1v) is 6.79. The number of esters is 1. The smallest absolute Gasteiger partial charge is 0.307 e. The number of carbonyl (C=O) groups is 2. The van der Waals surface area contributed by atoms with Crippen molar-refractivity contribution in [2.45, 2.75) is 38.1 Å². The van der Waals surface area contributed by atoms with E-state index >= 15 is 0 Å². The number of hydrogen-bond donors (Lipinski definition) is 1. The van der Waals surface area contributed by atoms with Crippen LogP contribution in [0.25, 0.3) is 0 Å². The van der Waals surface area contributed by atoms with E-state index in [1.807, 2.05) is 0 Å². The van der Waals surface area contributed by atoms with Gasteiger partial charge < -0.3 is 10.1 Å². The van der Waals surface area contributed by atoms with Crippen LogP contribution in [0.1, 0.15) is 32.1 Å². The van der Waals surface area contributed by atoms with E-state index in [2.05, 4.69) is 15.0 Å². The van der Waals surface area contributed by atoms with E-state index in [1.54, 1.807) is 0 Å². The van der Waals surface area contributed by atoms with Crippen molar-refractivity contribution in [2.24, 2.45) is 5.92 Å². The number of amides is 1. The number of nitrogens with zero attached hydrogens (tertiary/aromatic N) is 1. The monoisotopic (exact) mass is 254 g/mol. The first-order valence-electron chi connectivity index (χ1n) is 6.79. The maximum Gasteiger partial charge on any atom is 0.307 e. The molecule has 1 amide bonds. The molecule has 0 unspecified atom stereocenters. The normalized spacial score (nSPS) is 26.1. The van der Waals surface area contributed by atoms with Crippen LogP contribution < -0.4 is 5.32 Å². The number of ether oxygens (including phenoxy) is 1. The summed E-state index contributed by atoms with van der Waals surface area (Å²) in [5, 5.41) is 2.83. The Labute approximate surface area is 108 Å². The van der Waals surface area contributed by atoms with Crippen LogP contribution in [0.5, 0.6) is 0 Å². The van der Waals surface area contributed by atoms with E-state index in [-0.39, 0.29) is 24.3 Å². The second-order valence-electron chi connectivity index (χ2n) is 5.23. The minimum absolute atomic E-state index is 0.0374. The van der Waals surface area contributed by atoms with Gasteiger partial charge in [-0.25, -0.2) is 0 Å². The number of carbonyl (C=O) groups excluding carboxylic acids is 2. The largest absolute Gasteiger partial charge is 0.469 e. The van der Waals surface area contributed by atoms with Crippen LogP contribution in [-0.4, -0.2) is 49.6 Å². The molecule has 2 fully saturated rings. The van der Waals surface area contributed by atoms with Crippen LogP contribution in [-0.2, 0) is 14.3 Å². The number of nitrogens with one attached hydrogen (secondary N) is 1. The summed E-state index contributed by atoms with van der Waals surface area (Å²) >= 11 is 0. The summed E-state index contributed by atoms with van der Waals surface area (Å²) in [6.07, 6.45) is 5.26. The van der Waals surface area contributed by atoms with Gasteiger partial charge in [-0.05, 0) is 18.8 Å². The Morgan fingerprint density at radius 2 is 2.17 bits per heavy atom. The molecule has 2 rings (SSSR count). The van der Waals surface area contributed by atoms with Crippen molar-refractivity contribution in [3.63, 3.8) is 0 Å². The van der Waals surface area contributed by atoms with Gasteiger partial charge in [-0.2, -0.15) is 0 Å². The summed E-state index contributed by atoms with van der Waals surface area (Å²) in [6, 6.07) is -0.341.